The predicted octanol–water partition coefficient (Wildman–Crippen LogP) is 0.809. The van der Waals surface area contributed by atoms with Crippen molar-refractivity contribution in [1.29, 1.82) is 0 Å². The monoisotopic (exact) mass is 244 g/mol. The molecule has 0 bridgehead atoms. The van der Waals surface area contributed by atoms with Crippen LogP contribution in [0, 0.1) is 11.6 Å². The number of hydrogen-bond acceptors (Lipinski definition) is 3. The van der Waals surface area contributed by atoms with Crippen LogP contribution in [0.3, 0.4) is 0 Å². The van der Waals surface area contributed by atoms with Gasteiger partial charge in [-0.05, 0) is 25.1 Å². The molecule has 0 heterocycles. The highest BCUT2D eigenvalue weighted by Gasteiger charge is 2.07. The molecule has 0 aliphatic rings. The number of benzene rings is 1. The molecule has 0 aliphatic carbocycles. The zero-order valence-corrected chi connectivity index (χ0v) is 9.21. The van der Waals surface area contributed by atoms with Crippen molar-refractivity contribution in [3.8, 4) is 5.75 Å². The van der Waals surface area contributed by atoms with E-state index in [2.05, 4.69) is 5.32 Å². The number of hydrogen-bond donors (Lipinski definition) is 2. The third kappa shape index (κ3) is 4.78. The third-order valence-corrected chi connectivity index (χ3v) is 1.96. The van der Waals surface area contributed by atoms with Crippen LogP contribution < -0.4 is 15.8 Å². The first-order valence-corrected chi connectivity index (χ1v) is 5.18. The molecule has 0 aromatic heterocycles. The Hall–Kier alpha value is -1.69. The molecule has 17 heavy (non-hydrogen) atoms. The quantitative estimate of drug-likeness (QED) is 0.728. The maximum absolute atomic E-state index is 13.1. The summed E-state index contributed by atoms with van der Waals surface area (Å²) in [5, 5.41) is 2.54. The summed E-state index contributed by atoms with van der Waals surface area (Å²) in [6, 6.07) is 2.89. The molecular formula is C11H14F2N2O2. The van der Waals surface area contributed by atoms with E-state index < -0.39 is 11.6 Å². The van der Waals surface area contributed by atoms with Gasteiger partial charge in [-0.3, -0.25) is 4.79 Å². The number of halogens is 2. The fraction of sp³-hybridized carbons (Fsp3) is 0.364. The van der Waals surface area contributed by atoms with Crippen LogP contribution in [-0.2, 0) is 4.79 Å². The van der Waals surface area contributed by atoms with E-state index in [4.69, 9.17) is 10.5 Å². The lowest BCUT2D eigenvalue weighted by Gasteiger charge is -2.07. The number of nitrogens with two attached hydrogens (primary N) is 1. The molecule has 1 aromatic rings. The molecule has 0 atom stereocenters. The molecule has 1 rings (SSSR count). The fourth-order valence-electron chi connectivity index (χ4n) is 1.12. The van der Waals surface area contributed by atoms with Gasteiger partial charge in [0.15, 0.2) is 18.2 Å². The zero-order chi connectivity index (χ0) is 12.7. The van der Waals surface area contributed by atoms with E-state index in [1.165, 1.54) is 0 Å². The number of nitrogens with one attached hydrogen (secondary N) is 1. The van der Waals surface area contributed by atoms with E-state index >= 15 is 0 Å². The van der Waals surface area contributed by atoms with Gasteiger partial charge in [-0.1, -0.05) is 0 Å². The normalized spacial score (nSPS) is 10.1. The van der Waals surface area contributed by atoms with E-state index in [1.54, 1.807) is 0 Å². The Kier molecular flexibility index (Phi) is 5.35. The Morgan fingerprint density at radius 2 is 2.18 bits per heavy atom. The first kappa shape index (κ1) is 13.4. The van der Waals surface area contributed by atoms with Gasteiger partial charge in [0.05, 0.1) is 0 Å². The summed E-state index contributed by atoms with van der Waals surface area (Å²) < 4.78 is 30.6. The molecule has 3 N–H and O–H groups in total. The van der Waals surface area contributed by atoms with Crippen molar-refractivity contribution in [2.75, 3.05) is 19.7 Å². The standard InChI is InChI=1S/C11H14F2N2O2/c12-8-2-3-10(9(13)6-8)17-7-11(16)15-5-1-4-14/h2-3,6H,1,4-5,7,14H2,(H,15,16). The summed E-state index contributed by atoms with van der Waals surface area (Å²) in [4.78, 5) is 11.2. The van der Waals surface area contributed by atoms with Crippen molar-refractivity contribution in [2.45, 2.75) is 6.42 Å². The SMILES string of the molecule is NCCCNC(=O)COc1ccc(F)cc1F. The summed E-state index contributed by atoms with van der Waals surface area (Å²) >= 11 is 0. The zero-order valence-electron chi connectivity index (χ0n) is 9.21. The van der Waals surface area contributed by atoms with Crippen molar-refractivity contribution in [2.24, 2.45) is 5.73 Å². The molecule has 0 saturated heterocycles. The van der Waals surface area contributed by atoms with Crippen molar-refractivity contribution in [3.63, 3.8) is 0 Å². The van der Waals surface area contributed by atoms with Gasteiger partial charge in [-0.25, -0.2) is 8.78 Å². The maximum atomic E-state index is 13.1. The highest BCUT2D eigenvalue weighted by molar-refractivity contribution is 5.77. The Bertz CT molecular complexity index is 386. The van der Waals surface area contributed by atoms with Crippen LogP contribution in [0.25, 0.3) is 0 Å². The van der Waals surface area contributed by atoms with Crippen LogP contribution in [0.5, 0.6) is 5.75 Å². The number of carbonyl (C=O) groups is 1. The van der Waals surface area contributed by atoms with E-state index in [-0.39, 0.29) is 18.3 Å². The summed E-state index contributed by atoms with van der Waals surface area (Å²) in [6.07, 6.45) is 0.663. The molecule has 6 heteroatoms. The van der Waals surface area contributed by atoms with Crippen LogP contribution in [0.4, 0.5) is 8.78 Å². The highest BCUT2D eigenvalue weighted by atomic mass is 19.1. The van der Waals surface area contributed by atoms with Crippen molar-refractivity contribution >= 4 is 5.91 Å². The summed E-state index contributed by atoms with van der Waals surface area (Å²) in [7, 11) is 0. The van der Waals surface area contributed by atoms with E-state index in [1.807, 2.05) is 0 Å². The lowest BCUT2D eigenvalue weighted by atomic mass is 10.3. The molecule has 4 nitrogen and oxygen atoms in total. The second-order valence-corrected chi connectivity index (χ2v) is 3.36. The Balaban J connectivity index is 2.37. The van der Waals surface area contributed by atoms with Crippen molar-refractivity contribution in [1.82, 2.24) is 5.32 Å². The topological polar surface area (TPSA) is 64.3 Å². The van der Waals surface area contributed by atoms with Crippen LogP contribution in [0.15, 0.2) is 18.2 Å². The van der Waals surface area contributed by atoms with Gasteiger partial charge in [-0.15, -0.1) is 0 Å². The van der Waals surface area contributed by atoms with E-state index in [0.717, 1.165) is 12.1 Å². The summed E-state index contributed by atoms with van der Waals surface area (Å²) in [5.41, 5.74) is 5.25. The Morgan fingerprint density at radius 1 is 1.41 bits per heavy atom. The highest BCUT2D eigenvalue weighted by Crippen LogP contribution is 2.17. The van der Waals surface area contributed by atoms with E-state index in [0.29, 0.717) is 25.6 Å². The van der Waals surface area contributed by atoms with Gasteiger partial charge in [0, 0.05) is 12.6 Å². The number of rotatable bonds is 6. The molecule has 0 radical (unpaired) electrons. The Morgan fingerprint density at radius 3 is 2.82 bits per heavy atom. The van der Waals surface area contributed by atoms with E-state index in [9.17, 15) is 13.6 Å². The van der Waals surface area contributed by atoms with Gasteiger partial charge in [-0.2, -0.15) is 0 Å². The first-order chi connectivity index (χ1) is 8.13. The number of ether oxygens (including phenoxy) is 1. The molecular weight excluding hydrogens is 230 g/mol. The van der Waals surface area contributed by atoms with Gasteiger partial charge >= 0.3 is 0 Å². The largest absolute Gasteiger partial charge is 0.481 e. The van der Waals surface area contributed by atoms with Crippen molar-refractivity contribution in [3.05, 3.63) is 29.8 Å². The van der Waals surface area contributed by atoms with Crippen LogP contribution in [0.1, 0.15) is 6.42 Å². The van der Waals surface area contributed by atoms with Crippen LogP contribution >= 0.6 is 0 Å². The number of carbonyl (C=O) groups excluding carboxylic acids is 1. The second-order valence-electron chi connectivity index (χ2n) is 3.36. The minimum Gasteiger partial charge on any atom is -0.481 e. The van der Waals surface area contributed by atoms with Gasteiger partial charge in [0.25, 0.3) is 5.91 Å². The third-order valence-electron chi connectivity index (χ3n) is 1.96. The number of amides is 1. The molecule has 0 unspecified atom stereocenters. The average molecular weight is 244 g/mol. The molecule has 1 aromatic carbocycles. The average Bonchev–Trinajstić information content (AvgIpc) is 2.28. The lowest BCUT2D eigenvalue weighted by molar-refractivity contribution is -0.123. The molecule has 0 fully saturated rings. The second kappa shape index (κ2) is 6.80. The minimum absolute atomic E-state index is 0.152. The van der Waals surface area contributed by atoms with Gasteiger partial charge < -0.3 is 15.8 Å². The molecule has 94 valence electrons. The van der Waals surface area contributed by atoms with Crippen LogP contribution in [-0.4, -0.2) is 25.6 Å². The molecule has 0 saturated carbocycles. The minimum atomic E-state index is -0.834. The molecule has 1 amide bonds. The summed E-state index contributed by atoms with van der Waals surface area (Å²) in [6.45, 7) is 0.617. The fourth-order valence-corrected chi connectivity index (χ4v) is 1.12. The smallest absolute Gasteiger partial charge is 0.257 e. The van der Waals surface area contributed by atoms with Crippen molar-refractivity contribution < 1.29 is 18.3 Å². The lowest BCUT2D eigenvalue weighted by Crippen LogP contribution is -2.30. The van der Waals surface area contributed by atoms with Crippen LogP contribution in [0.2, 0.25) is 0 Å². The van der Waals surface area contributed by atoms with Gasteiger partial charge in [0.1, 0.15) is 5.82 Å². The maximum Gasteiger partial charge on any atom is 0.257 e. The van der Waals surface area contributed by atoms with Gasteiger partial charge in [0.2, 0.25) is 0 Å². The predicted molar refractivity (Wildman–Crippen MR) is 58.5 cm³/mol. The summed E-state index contributed by atoms with van der Waals surface area (Å²) in [5.74, 6) is -2.05. The first-order valence-electron chi connectivity index (χ1n) is 5.18. The molecule has 0 spiro atoms. The Labute approximate surface area is 97.8 Å². The molecule has 0 aliphatic heterocycles.